The first-order valence-corrected chi connectivity index (χ1v) is 8.66. The molecule has 1 N–H and O–H groups in total. The Bertz CT molecular complexity index is 201. The highest BCUT2D eigenvalue weighted by atomic mass is 16.5. The largest absolute Gasteiger partial charge is 0.376 e. The molecule has 0 aromatic carbocycles. The molecule has 1 rings (SSSR count). The summed E-state index contributed by atoms with van der Waals surface area (Å²) >= 11 is 0. The summed E-state index contributed by atoms with van der Waals surface area (Å²) in [5.41, 5.74) is 0. The number of hydrogen-bond acceptors (Lipinski definition) is 2. The van der Waals surface area contributed by atoms with Gasteiger partial charge in [0.15, 0.2) is 0 Å². The zero-order valence-electron chi connectivity index (χ0n) is 13.4. The molecule has 1 aliphatic rings. The molecule has 19 heavy (non-hydrogen) atoms. The van der Waals surface area contributed by atoms with Crippen LogP contribution in [-0.2, 0) is 4.74 Å². The second-order valence-corrected chi connectivity index (χ2v) is 6.13. The monoisotopic (exact) mass is 269 g/mol. The Kier molecular flexibility index (Phi) is 9.54. The molecule has 0 aromatic rings. The Labute approximate surface area is 120 Å². The Hall–Kier alpha value is -0.0800. The van der Waals surface area contributed by atoms with Crippen molar-refractivity contribution in [1.82, 2.24) is 5.32 Å². The molecule has 0 amide bonds. The molecule has 0 heterocycles. The van der Waals surface area contributed by atoms with Crippen LogP contribution in [0.1, 0.15) is 78.6 Å². The van der Waals surface area contributed by atoms with Crippen molar-refractivity contribution in [3.8, 4) is 0 Å². The summed E-state index contributed by atoms with van der Waals surface area (Å²) in [5.74, 6) is 0.830. The maximum atomic E-state index is 6.28. The van der Waals surface area contributed by atoms with Crippen LogP contribution < -0.4 is 5.32 Å². The Morgan fingerprint density at radius 3 is 2.37 bits per heavy atom. The zero-order chi connectivity index (χ0) is 13.9. The van der Waals surface area contributed by atoms with Gasteiger partial charge < -0.3 is 10.1 Å². The average molecular weight is 269 g/mol. The van der Waals surface area contributed by atoms with Crippen molar-refractivity contribution in [3.05, 3.63) is 0 Å². The lowest BCUT2D eigenvalue weighted by Crippen LogP contribution is -2.42. The first-order chi connectivity index (χ1) is 9.31. The SMILES string of the molecule is CCCNC(CCC)C(CC)OCC1CCCCC1. The van der Waals surface area contributed by atoms with Crippen LogP contribution in [0, 0.1) is 5.92 Å². The van der Waals surface area contributed by atoms with Gasteiger partial charge in [-0.3, -0.25) is 0 Å². The van der Waals surface area contributed by atoms with Crippen molar-refractivity contribution < 1.29 is 4.74 Å². The van der Waals surface area contributed by atoms with E-state index in [9.17, 15) is 0 Å². The highest BCUT2D eigenvalue weighted by Gasteiger charge is 2.21. The smallest absolute Gasteiger partial charge is 0.0725 e. The van der Waals surface area contributed by atoms with Gasteiger partial charge in [0.05, 0.1) is 6.10 Å². The summed E-state index contributed by atoms with van der Waals surface area (Å²) in [6.45, 7) is 8.89. The molecule has 0 saturated heterocycles. The van der Waals surface area contributed by atoms with Crippen LogP contribution in [0.4, 0.5) is 0 Å². The molecule has 2 atom stereocenters. The summed E-state index contributed by atoms with van der Waals surface area (Å²) in [7, 11) is 0. The third kappa shape index (κ3) is 6.76. The molecule has 1 aliphatic carbocycles. The fourth-order valence-corrected chi connectivity index (χ4v) is 3.19. The normalized spacial score (nSPS) is 20.4. The van der Waals surface area contributed by atoms with Gasteiger partial charge in [0.1, 0.15) is 0 Å². The van der Waals surface area contributed by atoms with Crippen molar-refractivity contribution in [3.63, 3.8) is 0 Å². The van der Waals surface area contributed by atoms with Gasteiger partial charge in [-0.25, -0.2) is 0 Å². The Morgan fingerprint density at radius 2 is 1.79 bits per heavy atom. The van der Waals surface area contributed by atoms with Crippen molar-refractivity contribution in [1.29, 1.82) is 0 Å². The first kappa shape index (κ1) is 17.0. The maximum absolute atomic E-state index is 6.28. The summed E-state index contributed by atoms with van der Waals surface area (Å²) in [4.78, 5) is 0. The predicted molar refractivity (Wildman–Crippen MR) is 83.6 cm³/mol. The molecule has 0 bridgehead atoms. The lowest BCUT2D eigenvalue weighted by atomic mass is 9.90. The highest BCUT2D eigenvalue weighted by molar-refractivity contribution is 4.77. The standard InChI is InChI=1S/C17H35NO/c1-4-10-16(18-13-5-2)17(6-3)19-14-15-11-8-7-9-12-15/h15-18H,4-14H2,1-3H3. The minimum Gasteiger partial charge on any atom is -0.376 e. The third-order valence-corrected chi connectivity index (χ3v) is 4.38. The van der Waals surface area contributed by atoms with Gasteiger partial charge in [-0.2, -0.15) is 0 Å². The van der Waals surface area contributed by atoms with E-state index in [1.807, 2.05) is 0 Å². The second-order valence-electron chi connectivity index (χ2n) is 6.13. The average Bonchev–Trinajstić information content (AvgIpc) is 2.46. The molecular formula is C17H35NO. The summed E-state index contributed by atoms with van der Waals surface area (Å²) in [6, 6.07) is 0.554. The van der Waals surface area contributed by atoms with Crippen LogP contribution >= 0.6 is 0 Å². The van der Waals surface area contributed by atoms with Gasteiger partial charge in [0, 0.05) is 12.6 Å². The third-order valence-electron chi connectivity index (χ3n) is 4.38. The molecule has 2 heteroatoms. The maximum Gasteiger partial charge on any atom is 0.0725 e. The van der Waals surface area contributed by atoms with Gasteiger partial charge in [-0.05, 0) is 44.6 Å². The molecule has 0 aliphatic heterocycles. The van der Waals surface area contributed by atoms with E-state index in [0.29, 0.717) is 12.1 Å². The van der Waals surface area contributed by atoms with E-state index in [1.165, 1.54) is 51.4 Å². The van der Waals surface area contributed by atoms with Crippen molar-refractivity contribution in [2.45, 2.75) is 90.7 Å². The predicted octanol–water partition coefficient (Wildman–Crippen LogP) is 4.53. The van der Waals surface area contributed by atoms with Gasteiger partial charge in [0.25, 0.3) is 0 Å². The summed E-state index contributed by atoms with van der Waals surface area (Å²) in [6.07, 6.45) is 12.3. The van der Waals surface area contributed by atoms with E-state index < -0.39 is 0 Å². The second kappa shape index (κ2) is 10.7. The fraction of sp³-hybridized carbons (Fsp3) is 1.00. The fourth-order valence-electron chi connectivity index (χ4n) is 3.19. The van der Waals surface area contributed by atoms with Gasteiger partial charge in [-0.15, -0.1) is 0 Å². The quantitative estimate of drug-likeness (QED) is 0.629. The number of hydrogen-bond donors (Lipinski definition) is 1. The molecular weight excluding hydrogens is 234 g/mol. The van der Waals surface area contributed by atoms with Crippen molar-refractivity contribution in [2.24, 2.45) is 5.92 Å². The van der Waals surface area contributed by atoms with Crippen LogP contribution in [0.3, 0.4) is 0 Å². The molecule has 0 aromatic heterocycles. The van der Waals surface area contributed by atoms with E-state index in [4.69, 9.17) is 4.74 Å². The van der Waals surface area contributed by atoms with Crippen LogP contribution in [0.5, 0.6) is 0 Å². The van der Waals surface area contributed by atoms with E-state index in [1.54, 1.807) is 0 Å². The van der Waals surface area contributed by atoms with E-state index in [2.05, 4.69) is 26.1 Å². The van der Waals surface area contributed by atoms with Crippen molar-refractivity contribution >= 4 is 0 Å². The number of ether oxygens (including phenoxy) is 1. The van der Waals surface area contributed by atoms with Crippen LogP contribution in [0.25, 0.3) is 0 Å². The molecule has 1 fully saturated rings. The van der Waals surface area contributed by atoms with Crippen molar-refractivity contribution in [2.75, 3.05) is 13.2 Å². The van der Waals surface area contributed by atoms with Crippen LogP contribution in [-0.4, -0.2) is 25.3 Å². The van der Waals surface area contributed by atoms with Gasteiger partial charge in [0.2, 0.25) is 0 Å². The van der Waals surface area contributed by atoms with Crippen LogP contribution in [0.15, 0.2) is 0 Å². The molecule has 2 nitrogen and oxygen atoms in total. The van der Waals surface area contributed by atoms with Gasteiger partial charge in [-0.1, -0.05) is 46.5 Å². The Morgan fingerprint density at radius 1 is 1.05 bits per heavy atom. The summed E-state index contributed by atoms with van der Waals surface area (Å²) in [5, 5.41) is 3.68. The van der Waals surface area contributed by atoms with Gasteiger partial charge >= 0.3 is 0 Å². The number of nitrogens with one attached hydrogen (secondary N) is 1. The molecule has 0 spiro atoms. The zero-order valence-corrected chi connectivity index (χ0v) is 13.4. The lowest BCUT2D eigenvalue weighted by Gasteiger charge is -2.30. The minimum absolute atomic E-state index is 0.411. The molecule has 114 valence electrons. The Balaban J connectivity index is 2.34. The van der Waals surface area contributed by atoms with E-state index in [0.717, 1.165) is 25.5 Å². The van der Waals surface area contributed by atoms with E-state index in [-0.39, 0.29) is 0 Å². The molecule has 2 unspecified atom stereocenters. The minimum atomic E-state index is 0.411. The topological polar surface area (TPSA) is 21.3 Å². The summed E-state index contributed by atoms with van der Waals surface area (Å²) < 4.78 is 6.28. The molecule has 1 saturated carbocycles. The number of rotatable bonds is 10. The molecule has 0 radical (unpaired) electrons. The first-order valence-electron chi connectivity index (χ1n) is 8.66. The van der Waals surface area contributed by atoms with Crippen LogP contribution in [0.2, 0.25) is 0 Å². The highest BCUT2D eigenvalue weighted by Crippen LogP contribution is 2.24. The van der Waals surface area contributed by atoms with E-state index >= 15 is 0 Å². The lowest BCUT2D eigenvalue weighted by molar-refractivity contribution is -0.00445.